The van der Waals surface area contributed by atoms with E-state index >= 15 is 0 Å². The molecule has 152 valence electrons. The highest BCUT2D eigenvalue weighted by molar-refractivity contribution is 7.26. The van der Waals surface area contributed by atoms with Crippen molar-refractivity contribution in [3.8, 4) is 0 Å². The lowest BCUT2D eigenvalue weighted by Crippen LogP contribution is -2.11. The molecule has 0 aliphatic carbocycles. The Morgan fingerprint density at radius 3 is 2.32 bits per heavy atom. The van der Waals surface area contributed by atoms with Gasteiger partial charge in [-0.15, -0.1) is 11.3 Å². The molecule has 6 rings (SSSR count). The number of fused-ring (bicyclic) bond motifs is 10. The molecule has 0 unspecified atom stereocenters. The minimum absolute atomic E-state index is 0.0251. The summed E-state index contributed by atoms with van der Waals surface area (Å²) in [5.41, 5.74) is -0.0186. The van der Waals surface area contributed by atoms with Crippen LogP contribution >= 0.6 is 11.3 Å². The highest BCUT2D eigenvalue weighted by Gasteiger charge is 2.21. The number of benzene rings is 4. The zero-order valence-electron chi connectivity index (χ0n) is 22.7. The maximum atomic E-state index is 9.25. The fourth-order valence-corrected chi connectivity index (χ4v) is 5.92. The summed E-state index contributed by atoms with van der Waals surface area (Å²) in [6.45, 7) is 2.94. The van der Waals surface area contributed by atoms with E-state index in [-0.39, 0.29) is 11.1 Å². The molecule has 0 saturated heterocycles. The topological polar surface area (TPSA) is 12.9 Å². The van der Waals surface area contributed by atoms with Crippen LogP contribution < -0.4 is 0 Å². The molecule has 4 aromatic carbocycles. The lowest BCUT2D eigenvalue weighted by Gasteiger charge is -2.22. The third-order valence-corrected chi connectivity index (χ3v) is 7.05. The molecule has 31 heavy (non-hydrogen) atoms. The molecule has 6 aromatic rings. The van der Waals surface area contributed by atoms with Crippen LogP contribution in [0.15, 0.2) is 66.9 Å². The molecule has 1 nitrogen and oxygen atoms in total. The number of hydrogen-bond acceptors (Lipinski definition) is 2. The third-order valence-electron chi connectivity index (χ3n) is 5.85. The number of hydrogen-bond donors (Lipinski definition) is 0. The first kappa shape index (κ1) is 14.2. The summed E-state index contributed by atoms with van der Waals surface area (Å²) < 4.78 is 45.6. The third kappa shape index (κ3) is 2.78. The van der Waals surface area contributed by atoms with E-state index in [9.17, 15) is 2.74 Å². The van der Waals surface area contributed by atoms with Gasteiger partial charge in [0.2, 0.25) is 0 Å². The van der Waals surface area contributed by atoms with Crippen molar-refractivity contribution < 1.29 is 6.85 Å². The summed E-state index contributed by atoms with van der Waals surface area (Å²) in [5.74, 6) is 0. The van der Waals surface area contributed by atoms with E-state index in [4.69, 9.17) is 4.11 Å². The highest BCUT2D eigenvalue weighted by atomic mass is 32.1. The summed E-state index contributed by atoms with van der Waals surface area (Å²) in [5, 5.41) is 6.71. The lowest BCUT2D eigenvalue weighted by molar-refractivity contribution is 0.412. The molecule has 0 saturated carbocycles. The Balaban J connectivity index is 1.96. The largest absolute Gasteiger partial charge is 0.255 e. The maximum absolute atomic E-state index is 9.25. The van der Waals surface area contributed by atoms with Crippen LogP contribution in [0.25, 0.3) is 52.6 Å². The molecule has 0 radical (unpaired) electrons. The second-order valence-electron chi connectivity index (χ2n) is 9.15. The Morgan fingerprint density at radius 2 is 1.55 bits per heavy atom. The van der Waals surface area contributed by atoms with Gasteiger partial charge in [-0.2, -0.15) is 0 Å². The van der Waals surface area contributed by atoms with Crippen molar-refractivity contribution in [2.75, 3.05) is 0 Å². The van der Waals surface area contributed by atoms with Crippen LogP contribution in [0, 0.1) is 12.3 Å². The molecular weight excluding hydrogens is 394 g/mol. The van der Waals surface area contributed by atoms with Gasteiger partial charge in [0.1, 0.15) is 0 Å². The van der Waals surface area contributed by atoms with Gasteiger partial charge in [0, 0.05) is 49.4 Å². The molecule has 0 aliphatic heterocycles. The fourth-order valence-electron chi connectivity index (χ4n) is 4.65. The summed E-state index contributed by atoms with van der Waals surface area (Å²) in [4.78, 5) is 4.68. The molecule has 0 atom stereocenters. The second-order valence-corrected chi connectivity index (χ2v) is 10.2. The van der Waals surface area contributed by atoms with Gasteiger partial charge in [0.25, 0.3) is 0 Å². The molecule has 2 aromatic heterocycles. The van der Waals surface area contributed by atoms with Gasteiger partial charge in [0.15, 0.2) is 0 Å². The molecule has 0 aliphatic rings. The Hall–Kier alpha value is -2.97. The minimum atomic E-state index is -2.51. The van der Waals surface area contributed by atoms with Crippen molar-refractivity contribution in [1.29, 1.82) is 0 Å². The number of aromatic nitrogens is 1. The first-order chi connectivity index (χ1) is 16.9. The Labute approximate surface area is 193 Å². The van der Waals surface area contributed by atoms with Crippen LogP contribution in [0.3, 0.4) is 0 Å². The van der Waals surface area contributed by atoms with E-state index in [1.165, 1.54) is 16.3 Å². The van der Waals surface area contributed by atoms with Gasteiger partial charge in [-0.1, -0.05) is 75.4 Å². The smallest absolute Gasteiger partial charge is 0.0789 e. The maximum Gasteiger partial charge on any atom is 0.0789 e. The standard InChI is InChI=1S/C29H25NS/c1-17-16-30-27-20-11-6-5-10-19(20)26-22(25(27)23(17)15-29(2,3)4)14-13-21-18-9-7-8-12-24(18)31-28(21)26/h5-14,16H,15H2,1-4H3/i1D3,15D2. The molecule has 2 heteroatoms. The summed E-state index contributed by atoms with van der Waals surface area (Å²) >= 11 is 1.72. The normalized spacial score (nSPS) is 15.9. The predicted molar refractivity (Wildman–Crippen MR) is 138 cm³/mol. The average Bonchev–Trinajstić information content (AvgIpc) is 3.20. The van der Waals surface area contributed by atoms with E-state index in [1.807, 2.05) is 57.2 Å². The van der Waals surface area contributed by atoms with Crippen molar-refractivity contribution in [3.63, 3.8) is 0 Å². The fraction of sp³-hybridized carbons (Fsp3) is 0.207. The summed E-state index contributed by atoms with van der Waals surface area (Å²) in [6, 6.07) is 20.5. The van der Waals surface area contributed by atoms with E-state index < -0.39 is 18.6 Å². The average molecular weight is 425 g/mol. The van der Waals surface area contributed by atoms with E-state index in [2.05, 4.69) is 29.2 Å². The van der Waals surface area contributed by atoms with Crippen LogP contribution in [0.4, 0.5) is 0 Å². The lowest BCUT2D eigenvalue weighted by atomic mass is 9.83. The first-order valence-corrected chi connectivity index (χ1v) is 11.3. The Morgan fingerprint density at radius 1 is 0.839 bits per heavy atom. The molecule has 0 N–H and O–H groups in total. The van der Waals surface area contributed by atoms with Crippen molar-refractivity contribution in [3.05, 3.63) is 78.0 Å². The van der Waals surface area contributed by atoms with Gasteiger partial charge < -0.3 is 0 Å². The van der Waals surface area contributed by atoms with Gasteiger partial charge in [-0.25, -0.2) is 0 Å². The second kappa shape index (κ2) is 6.51. The minimum Gasteiger partial charge on any atom is -0.255 e. The van der Waals surface area contributed by atoms with Crippen molar-refractivity contribution in [2.24, 2.45) is 5.41 Å². The van der Waals surface area contributed by atoms with Crippen LogP contribution in [0.2, 0.25) is 0 Å². The first-order valence-electron chi connectivity index (χ1n) is 13.0. The number of aryl methyl sites for hydroxylation is 1. The van der Waals surface area contributed by atoms with E-state index in [0.717, 1.165) is 31.6 Å². The predicted octanol–water partition coefficient (Wildman–Crippen LogP) is 8.81. The molecule has 0 fully saturated rings. The number of pyridine rings is 1. The number of nitrogens with zero attached hydrogens (tertiary/aromatic N) is 1. The quantitative estimate of drug-likeness (QED) is 0.240. The zero-order valence-corrected chi connectivity index (χ0v) is 18.5. The number of rotatable bonds is 1. The van der Waals surface area contributed by atoms with Crippen molar-refractivity contribution >= 4 is 64.0 Å². The summed E-state index contributed by atoms with van der Waals surface area (Å²) in [6.07, 6.45) is -0.563. The van der Waals surface area contributed by atoms with Crippen LogP contribution in [0.1, 0.15) is 38.8 Å². The van der Waals surface area contributed by atoms with Gasteiger partial charge >= 0.3 is 0 Å². The monoisotopic (exact) mass is 424 g/mol. The van der Waals surface area contributed by atoms with Crippen LogP contribution in [0.5, 0.6) is 0 Å². The van der Waals surface area contributed by atoms with Crippen LogP contribution in [-0.4, -0.2) is 4.98 Å². The van der Waals surface area contributed by atoms with Gasteiger partial charge in [-0.3, -0.25) is 4.98 Å². The Kier molecular flexibility index (Phi) is 2.97. The molecular formula is C29H25NS. The van der Waals surface area contributed by atoms with Crippen molar-refractivity contribution in [2.45, 2.75) is 34.0 Å². The van der Waals surface area contributed by atoms with Gasteiger partial charge in [0.05, 0.1) is 5.52 Å². The highest BCUT2D eigenvalue weighted by Crippen LogP contribution is 2.45. The SMILES string of the molecule is [2H]C([2H])([2H])c1cnc2c3ccccc3c3c(ccc4c5ccccc5sc43)c2c1C([2H])([2H])C(C)(C)C. The zero-order chi connectivity index (χ0) is 25.6. The molecule has 0 bridgehead atoms. The van der Waals surface area contributed by atoms with E-state index in [0.29, 0.717) is 10.9 Å². The molecule has 2 heterocycles. The molecule has 0 amide bonds. The Bertz CT molecular complexity index is 1840. The number of thiophene rings is 1. The van der Waals surface area contributed by atoms with Crippen molar-refractivity contribution in [1.82, 2.24) is 4.98 Å². The molecule has 0 spiro atoms. The van der Waals surface area contributed by atoms with Crippen LogP contribution in [-0.2, 0) is 6.37 Å². The summed E-state index contributed by atoms with van der Waals surface area (Å²) in [7, 11) is 0. The van der Waals surface area contributed by atoms with E-state index in [1.54, 1.807) is 11.3 Å². The van der Waals surface area contributed by atoms with Gasteiger partial charge in [-0.05, 0) is 46.6 Å².